The van der Waals surface area contributed by atoms with E-state index in [2.05, 4.69) is 19.1 Å². The lowest BCUT2D eigenvalue weighted by Gasteiger charge is -2.33. The number of hydrogen-bond donors (Lipinski definition) is 1. The average molecular weight is 272 g/mol. The van der Waals surface area contributed by atoms with E-state index in [1.807, 2.05) is 7.98 Å². The van der Waals surface area contributed by atoms with E-state index in [0.717, 1.165) is 31.6 Å². The maximum atomic E-state index is 6.32. The Labute approximate surface area is 110 Å². The Morgan fingerprint density at radius 3 is 2.27 bits per heavy atom. The Hall–Kier alpha value is 0.895. The Balaban J connectivity index is 3.83. The minimum Gasteiger partial charge on any atom is -0.356 e. The third-order valence-electron chi connectivity index (χ3n) is 2.76. The van der Waals surface area contributed by atoms with Crippen LogP contribution in [0.5, 0.6) is 0 Å². The molecule has 1 nitrogen and oxygen atoms in total. The summed E-state index contributed by atoms with van der Waals surface area (Å²) in [4.78, 5) is 0. The molecule has 2 atom stereocenters. The smallest absolute Gasteiger partial charge is 0.182 e. The summed E-state index contributed by atoms with van der Waals surface area (Å²) in [5.74, 6) is 0.735. The molecule has 0 aliphatic carbocycles. The molecule has 0 aromatic rings. The van der Waals surface area contributed by atoms with E-state index in [4.69, 9.17) is 34.8 Å². The lowest BCUT2D eigenvalue weighted by Crippen LogP contribution is -2.49. The molecule has 0 aromatic heterocycles. The number of alkyl halides is 3. The van der Waals surface area contributed by atoms with Gasteiger partial charge in [0.2, 0.25) is 0 Å². The molecule has 0 bridgehead atoms. The molecule has 0 fully saturated rings. The van der Waals surface area contributed by atoms with Crippen molar-refractivity contribution in [1.82, 2.24) is 5.23 Å². The van der Waals surface area contributed by atoms with Crippen LogP contribution in [0.3, 0.4) is 0 Å². The minimum absolute atomic E-state index is 0.0180. The third-order valence-corrected chi connectivity index (χ3v) is 4.48. The Morgan fingerprint density at radius 1 is 1.20 bits per heavy atom. The van der Waals surface area contributed by atoms with Crippen LogP contribution in [0.25, 0.3) is 0 Å². The monoisotopic (exact) mass is 271 g/mol. The van der Waals surface area contributed by atoms with Gasteiger partial charge >= 0.3 is 0 Å². The van der Waals surface area contributed by atoms with Crippen molar-refractivity contribution in [1.29, 1.82) is 0 Å². The molecule has 0 aliphatic rings. The number of nitrogens with one attached hydrogen (secondary N) is 1. The fourth-order valence-corrected chi connectivity index (χ4v) is 2.24. The first-order valence-electron chi connectivity index (χ1n) is 5.48. The first-order valence-corrected chi connectivity index (χ1v) is 6.89. The highest BCUT2D eigenvalue weighted by atomic mass is 35.5. The van der Waals surface area contributed by atoms with E-state index < -0.39 is 0 Å². The lowest BCUT2D eigenvalue weighted by molar-refractivity contribution is 0.423. The molecule has 0 rings (SSSR count). The van der Waals surface area contributed by atoms with Gasteiger partial charge in [0.25, 0.3) is 0 Å². The van der Waals surface area contributed by atoms with Gasteiger partial charge in [-0.25, -0.2) is 0 Å². The summed E-state index contributed by atoms with van der Waals surface area (Å²) in [6, 6.07) is 0. The Bertz CT molecular complexity index is 167. The number of hydrogen-bond acceptors (Lipinski definition) is 1. The molecule has 0 saturated heterocycles. The van der Waals surface area contributed by atoms with Gasteiger partial charge < -0.3 is 5.23 Å². The van der Waals surface area contributed by atoms with Crippen LogP contribution in [0.15, 0.2) is 0 Å². The minimum atomic E-state index is -0.125. The Morgan fingerprint density at radius 2 is 1.80 bits per heavy atom. The summed E-state index contributed by atoms with van der Waals surface area (Å²) in [7, 11) is 1.91. The lowest BCUT2D eigenvalue weighted by atomic mass is 9.93. The predicted octanol–water partition coefficient (Wildman–Crippen LogP) is 2.92. The van der Waals surface area contributed by atoms with Crippen molar-refractivity contribution >= 4 is 42.8 Å². The number of unbranched alkanes of at least 4 members (excludes halogenated alkanes) is 2. The number of rotatable bonds is 8. The standard InChI is InChI=1S/C10H21BCl3N/c1-10(2,15-11)9(14)8(13)6-4-3-5-7-12/h8-9,15H,3-7,11H2,1-2H3. The van der Waals surface area contributed by atoms with Crippen LogP contribution < -0.4 is 5.23 Å². The van der Waals surface area contributed by atoms with E-state index in [-0.39, 0.29) is 16.3 Å². The average Bonchev–Trinajstić information content (AvgIpc) is 2.23. The van der Waals surface area contributed by atoms with Crippen LogP contribution in [-0.4, -0.2) is 30.2 Å². The van der Waals surface area contributed by atoms with Gasteiger partial charge in [0.1, 0.15) is 0 Å². The molecule has 0 radical (unpaired) electrons. The van der Waals surface area contributed by atoms with Crippen molar-refractivity contribution in [2.75, 3.05) is 5.88 Å². The van der Waals surface area contributed by atoms with Gasteiger partial charge in [-0.1, -0.05) is 12.8 Å². The van der Waals surface area contributed by atoms with E-state index >= 15 is 0 Å². The second-order valence-corrected chi connectivity index (χ2v) is 5.84. The maximum absolute atomic E-state index is 6.32. The van der Waals surface area contributed by atoms with Gasteiger partial charge in [-0.15, -0.1) is 34.8 Å². The fourth-order valence-electron chi connectivity index (χ4n) is 1.35. The van der Waals surface area contributed by atoms with E-state index in [9.17, 15) is 0 Å². The van der Waals surface area contributed by atoms with Gasteiger partial charge in [-0.3, -0.25) is 0 Å². The van der Waals surface area contributed by atoms with Gasteiger partial charge in [0, 0.05) is 11.4 Å². The zero-order valence-corrected chi connectivity index (χ0v) is 12.1. The van der Waals surface area contributed by atoms with Crippen molar-refractivity contribution in [2.45, 2.75) is 55.8 Å². The van der Waals surface area contributed by atoms with Gasteiger partial charge in [-0.2, -0.15) is 0 Å². The molecular weight excluding hydrogens is 251 g/mol. The zero-order valence-electron chi connectivity index (χ0n) is 9.82. The van der Waals surface area contributed by atoms with Crippen molar-refractivity contribution in [3.05, 3.63) is 0 Å². The molecule has 90 valence electrons. The molecule has 5 heteroatoms. The molecule has 2 unspecified atom stereocenters. The predicted molar refractivity (Wildman–Crippen MR) is 74.2 cm³/mol. The highest BCUT2D eigenvalue weighted by Crippen LogP contribution is 2.26. The molecule has 15 heavy (non-hydrogen) atoms. The fraction of sp³-hybridized carbons (Fsp3) is 1.00. The van der Waals surface area contributed by atoms with E-state index in [1.165, 1.54) is 0 Å². The molecule has 0 spiro atoms. The van der Waals surface area contributed by atoms with Crippen LogP contribution in [-0.2, 0) is 0 Å². The summed E-state index contributed by atoms with van der Waals surface area (Å²) in [6.45, 7) is 4.14. The molecule has 0 aromatic carbocycles. The quantitative estimate of drug-likeness (QED) is 0.407. The maximum Gasteiger partial charge on any atom is 0.182 e. The zero-order chi connectivity index (χ0) is 11.9. The van der Waals surface area contributed by atoms with E-state index in [1.54, 1.807) is 0 Å². The highest BCUT2D eigenvalue weighted by Gasteiger charge is 2.31. The normalized spacial score (nSPS) is 16.3. The summed E-state index contributed by atoms with van der Waals surface area (Å²) in [6.07, 6.45) is 4.26. The van der Waals surface area contributed by atoms with Crippen molar-refractivity contribution in [2.24, 2.45) is 0 Å². The molecular formula is C10H21BCl3N. The van der Waals surface area contributed by atoms with Crippen molar-refractivity contribution < 1.29 is 0 Å². The van der Waals surface area contributed by atoms with Gasteiger partial charge in [-0.05, 0) is 26.7 Å². The van der Waals surface area contributed by atoms with E-state index in [0.29, 0.717) is 0 Å². The molecule has 0 saturated carbocycles. The SMILES string of the molecule is BNC(C)(C)C(Cl)C(Cl)CCCCCCl. The summed E-state index contributed by atoms with van der Waals surface area (Å²) in [5.41, 5.74) is -0.125. The Kier molecular flexibility index (Phi) is 8.54. The molecule has 0 amide bonds. The van der Waals surface area contributed by atoms with Crippen LogP contribution in [0.2, 0.25) is 0 Å². The number of halogens is 3. The van der Waals surface area contributed by atoms with Crippen molar-refractivity contribution in [3.63, 3.8) is 0 Å². The largest absolute Gasteiger partial charge is 0.356 e. The van der Waals surface area contributed by atoms with Crippen molar-refractivity contribution in [3.8, 4) is 0 Å². The van der Waals surface area contributed by atoms with Crippen LogP contribution >= 0.6 is 34.8 Å². The van der Waals surface area contributed by atoms with Gasteiger partial charge in [0.05, 0.1) is 10.8 Å². The first kappa shape index (κ1) is 15.9. The molecule has 0 heterocycles. The molecule has 1 N–H and O–H groups in total. The van der Waals surface area contributed by atoms with Crippen LogP contribution in [0.4, 0.5) is 0 Å². The topological polar surface area (TPSA) is 12.0 Å². The first-order chi connectivity index (χ1) is 6.95. The third kappa shape index (κ3) is 6.26. The van der Waals surface area contributed by atoms with Gasteiger partial charge in [0.15, 0.2) is 7.98 Å². The summed E-state index contributed by atoms with van der Waals surface area (Å²) >= 11 is 18.2. The van der Waals surface area contributed by atoms with Crippen LogP contribution in [0.1, 0.15) is 39.5 Å². The second-order valence-electron chi connectivity index (χ2n) is 4.43. The second kappa shape index (κ2) is 8.05. The summed E-state index contributed by atoms with van der Waals surface area (Å²) < 4.78 is 0. The summed E-state index contributed by atoms with van der Waals surface area (Å²) in [5, 5.41) is 3.15. The highest BCUT2D eigenvalue weighted by molar-refractivity contribution is 6.30. The molecule has 0 aliphatic heterocycles. The van der Waals surface area contributed by atoms with Crippen LogP contribution in [0, 0.1) is 0 Å².